The van der Waals surface area contributed by atoms with Gasteiger partial charge in [-0.1, -0.05) is 149 Å². The molecule has 226 valence electrons. The fraction of sp³-hybridized carbons (Fsp3) is 0.971. The molecule has 0 radical (unpaired) electrons. The fourth-order valence-electron chi connectivity index (χ4n) is 6.70. The van der Waals surface area contributed by atoms with E-state index in [0.29, 0.717) is 0 Å². The molecule has 3 atom stereocenters. The van der Waals surface area contributed by atoms with E-state index in [1.54, 1.807) is 0 Å². The van der Waals surface area contributed by atoms with Crippen LogP contribution in [0.3, 0.4) is 0 Å². The Bertz CT molecular complexity index is 522. The first-order valence-corrected chi connectivity index (χ1v) is 17.6. The van der Waals surface area contributed by atoms with Gasteiger partial charge in [0.15, 0.2) is 0 Å². The van der Waals surface area contributed by atoms with Crippen molar-refractivity contribution < 1.29 is 4.79 Å². The van der Waals surface area contributed by atoms with Gasteiger partial charge in [0.2, 0.25) is 5.91 Å². The van der Waals surface area contributed by atoms with Crippen molar-refractivity contribution in [3.63, 3.8) is 0 Å². The molecule has 1 amide bonds. The number of nitrogens with zero attached hydrogens (tertiary/aromatic N) is 1. The number of rotatable bonds is 13. The molecular formula is C35H70N2O. The van der Waals surface area contributed by atoms with E-state index in [1.807, 2.05) is 0 Å². The highest BCUT2D eigenvalue weighted by molar-refractivity contribution is 5.76. The van der Waals surface area contributed by atoms with Gasteiger partial charge in [-0.2, -0.15) is 0 Å². The quantitative estimate of drug-likeness (QED) is 0.239. The van der Waals surface area contributed by atoms with Gasteiger partial charge in [-0.3, -0.25) is 4.79 Å². The number of carbonyl (C=O) groups is 1. The molecule has 38 heavy (non-hydrogen) atoms. The summed E-state index contributed by atoms with van der Waals surface area (Å²) in [5.41, 5.74) is 5.85. The van der Waals surface area contributed by atoms with E-state index >= 15 is 0 Å². The monoisotopic (exact) mass is 535 g/mol. The normalized spacial score (nSPS) is 24.7. The van der Waals surface area contributed by atoms with E-state index in [0.717, 1.165) is 31.2 Å². The van der Waals surface area contributed by atoms with Gasteiger partial charge in [-0.05, 0) is 63.6 Å². The Morgan fingerprint density at radius 3 is 1.63 bits per heavy atom. The summed E-state index contributed by atoms with van der Waals surface area (Å²) in [5.74, 6) is 1.89. The van der Waals surface area contributed by atoms with E-state index in [1.165, 1.54) is 161 Å². The van der Waals surface area contributed by atoms with Crippen LogP contribution in [0.1, 0.15) is 181 Å². The largest absolute Gasteiger partial charge is 0.369 e. The number of primary amides is 1. The molecule has 3 nitrogen and oxygen atoms in total. The van der Waals surface area contributed by atoms with Crippen molar-refractivity contribution in [2.45, 2.75) is 181 Å². The van der Waals surface area contributed by atoms with Gasteiger partial charge in [-0.15, -0.1) is 0 Å². The Hall–Kier alpha value is -0.570. The lowest BCUT2D eigenvalue weighted by Crippen LogP contribution is -2.32. The number of hydrogen-bond acceptors (Lipinski definition) is 2. The van der Waals surface area contributed by atoms with Crippen LogP contribution in [0, 0.1) is 17.8 Å². The van der Waals surface area contributed by atoms with Gasteiger partial charge in [0.1, 0.15) is 0 Å². The number of carbonyl (C=O) groups excluding carboxylic acids is 1. The van der Waals surface area contributed by atoms with Crippen LogP contribution >= 0.6 is 0 Å². The first kappa shape index (κ1) is 35.5. The topological polar surface area (TPSA) is 46.3 Å². The standard InChI is InChI=1S/C35H70N2O/c1-4-7-15-21-32-23-17-13-11-10-12-14-18-25-34(35(36)38)28-31-37(29-19-9-6-3)30-20-24-33(27-26-32)22-16-8-5-2/h32-34H,4-31H2,1-3H3,(H2,36,38). The Balaban J connectivity index is 2.81. The minimum absolute atomic E-state index is 0.0647. The van der Waals surface area contributed by atoms with Crippen LogP contribution < -0.4 is 5.73 Å². The highest BCUT2D eigenvalue weighted by Crippen LogP contribution is 2.29. The lowest BCUT2D eigenvalue weighted by atomic mass is 9.84. The summed E-state index contributed by atoms with van der Waals surface area (Å²) in [6, 6.07) is 0. The summed E-state index contributed by atoms with van der Waals surface area (Å²) in [6.45, 7) is 10.4. The van der Waals surface area contributed by atoms with Gasteiger partial charge in [0, 0.05) is 5.92 Å². The molecule has 0 saturated carbocycles. The first-order chi connectivity index (χ1) is 18.6. The van der Waals surface area contributed by atoms with Crippen LogP contribution in [0.4, 0.5) is 0 Å². The van der Waals surface area contributed by atoms with E-state index < -0.39 is 0 Å². The summed E-state index contributed by atoms with van der Waals surface area (Å²) in [4.78, 5) is 14.9. The zero-order valence-corrected chi connectivity index (χ0v) is 26.5. The van der Waals surface area contributed by atoms with Crippen LogP contribution in [0.25, 0.3) is 0 Å². The zero-order chi connectivity index (χ0) is 27.7. The molecule has 1 fully saturated rings. The van der Waals surface area contributed by atoms with Crippen molar-refractivity contribution in [3.8, 4) is 0 Å². The molecule has 1 aliphatic heterocycles. The van der Waals surface area contributed by atoms with Crippen LogP contribution in [-0.4, -0.2) is 30.4 Å². The number of unbranched alkanes of at least 4 members (excludes halogenated alkanes) is 6. The summed E-state index contributed by atoms with van der Waals surface area (Å²) < 4.78 is 0. The van der Waals surface area contributed by atoms with E-state index in [9.17, 15) is 4.79 Å². The minimum Gasteiger partial charge on any atom is -0.369 e. The molecule has 1 aliphatic rings. The molecule has 0 aromatic carbocycles. The molecule has 1 heterocycles. The second-order valence-corrected chi connectivity index (χ2v) is 12.9. The van der Waals surface area contributed by atoms with Crippen LogP contribution in [-0.2, 0) is 4.79 Å². The molecule has 1 rings (SSSR count). The van der Waals surface area contributed by atoms with Gasteiger partial charge >= 0.3 is 0 Å². The summed E-state index contributed by atoms with van der Waals surface area (Å²) in [7, 11) is 0. The molecule has 3 heteroatoms. The molecule has 0 bridgehead atoms. The van der Waals surface area contributed by atoms with E-state index in [4.69, 9.17) is 5.73 Å². The summed E-state index contributed by atoms with van der Waals surface area (Å²) in [6.07, 6.45) is 33.6. The number of nitrogens with two attached hydrogens (primary N) is 1. The maximum absolute atomic E-state index is 12.2. The van der Waals surface area contributed by atoms with E-state index in [-0.39, 0.29) is 11.8 Å². The second kappa shape index (κ2) is 25.4. The van der Waals surface area contributed by atoms with E-state index in [2.05, 4.69) is 25.7 Å². The Labute approximate surface area is 239 Å². The number of hydrogen-bond donors (Lipinski definition) is 1. The molecule has 0 spiro atoms. The third-order valence-electron chi connectivity index (χ3n) is 9.44. The van der Waals surface area contributed by atoms with Crippen molar-refractivity contribution >= 4 is 5.91 Å². The van der Waals surface area contributed by atoms with Crippen LogP contribution in [0.2, 0.25) is 0 Å². The second-order valence-electron chi connectivity index (χ2n) is 12.9. The Morgan fingerprint density at radius 1 is 0.579 bits per heavy atom. The van der Waals surface area contributed by atoms with Crippen LogP contribution in [0.5, 0.6) is 0 Å². The zero-order valence-electron chi connectivity index (χ0n) is 26.5. The van der Waals surface area contributed by atoms with Gasteiger partial charge in [-0.25, -0.2) is 0 Å². The van der Waals surface area contributed by atoms with Gasteiger partial charge in [0.25, 0.3) is 0 Å². The molecule has 2 N–H and O–H groups in total. The third kappa shape index (κ3) is 19.5. The summed E-state index contributed by atoms with van der Waals surface area (Å²) in [5, 5.41) is 0. The minimum atomic E-state index is -0.0647. The lowest BCUT2D eigenvalue weighted by molar-refractivity contribution is -0.122. The highest BCUT2D eigenvalue weighted by Gasteiger charge is 2.18. The molecule has 3 unspecified atom stereocenters. The average Bonchev–Trinajstić information content (AvgIpc) is 2.90. The SMILES string of the molecule is CCCCCC1CCCCCCCCCC(C(N)=O)CCN(CCCCC)CCCC(CCCCC)CC1. The maximum atomic E-state index is 12.2. The van der Waals surface area contributed by atoms with Crippen molar-refractivity contribution in [2.24, 2.45) is 23.5 Å². The van der Waals surface area contributed by atoms with Crippen molar-refractivity contribution in [2.75, 3.05) is 19.6 Å². The smallest absolute Gasteiger partial charge is 0.220 e. The Kier molecular flexibility index (Phi) is 23.7. The molecular weight excluding hydrogens is 464 g/mol. The van der Waals surface area contributed by atoms with Crippen molar-refractivity contribution in [1.82, 2.24) is 4.90 Å². The average molecular weight is 535 g/mol. The maximum Gasteiger partial charge on any atom is 0.220 e. The Morgan fingerprint density at radius 2 is 1.08 bits per heavy atom. The molecule has 0 aromatic heterocycles. The predicted molar refractivity (Wildman–Crippen MR) is 169 cm³/mol. The lowest BCUT2D eigenvalue weighted by Gasteiger charge is -2.26. The first-order valence-electron chi connectivity index (χ1n) is 17.6. The molecule has 0 aliphatic carbocycles. The molecule has 0 aromatic rings. The van der Waals surface area contributed by atoms with Crippen molar-refractivity contribution in [1.29, 1.82) is 0 Å². The van der Waals surface area contributed by atoms with Crippen molar-refractivity contribution in [3.05, 3.63) is 0 Å². The predicted octanol–water partition coefficient (Wildman–Crippen LogP) is 10.4. The van der Waals surface area contributed by atoms with Gasteiger partial charge in [0.05, 0.1) is 0 Å². The highest BCUT2D eigenvalue weighted by atomic mass is 16.1. The molecule has 1 saturated heterocycles. The summed E-state index contributed by atoms with van der Waals surface area (Å²) >= 11 is 0. The van der Waals surface area contributed by atoms with Crippen LogP contribution in [0.15, 0.2) is 0 Å². The van der Waals surface area contributed by atoms with Gasteiger partial charge < -0.3 is 10.6 Å². The number of amides is 1. The third-order valence-corrected chi connectivity index (χ3v) is 9.44. The fourth-order valence-corrected chi connectivity index (χ4v) is 6.70.